The van der Waals surface area contributed by atoms with Crippen LogP contribution in [0.3, 0.4) is 0 Å². The van der Waals surface area contributed by atoms with Crippen molar-refractivity contribution in [3.8, 4) is 0 Å². The van der Waals surface area contributed by atoms with E-state index in [1.165, 1.54) is 29.6 Å². The van der Waals surface area contributed by atoms with Crippen LogP contribution in [0.2, 0.25) is 0 Å². The Morgan fingerprint density at radius 2 is 1.66 bits per heavy atom. The third-order valence-corrected chi connectivity index (χ3v) is 8.58. The van der Waals surface area contributed by atoms with Gasteiger partial charge in [0, 0.05) is 12.8 Å². The first-order valence-electron chi connectivity index (χ1n) is 10.5. The minimum atomic E-state index is -1.72. The van der Waals surface area contributed by atoms with Crippen LogP contribution in [0.25, 0.3) is 0 Å². The van der Waals surface area contributed by atoms with E-state index < -0.39 is 17.7 Å². The monoisotopic (exact) mass is 547 g/mol. The molecule has 5 rings (SSSR count). The summed E-state index contributed by atoms with van der Waals surface area (Å²) in [5, 5.41) is 31.1. The Kier molecular flexibility index (Phi) is 7.88. The zero-order valence-electron chi connectivity index (χ0n) is 18.3. The quantitative estimate of drug-likeness (QED) is 0.245. The number of esters is 1. The number of rotatable bonds is 5. The number of likely N-dealkylation sites (N-methyl/N-ethyl adjacent to an activating group) is 1. The predicted molar refractivity (Wildman–Crippen MR) is 118 cm³/mol. The van der Waals surface area contributed by atoms with Gasteiger partial charge in [-0.3, -0.25) is 0 Å². The molecule has 0 spiro atoms. The van der Waals surface area contributed by atoms with Crippen molar-refractivity contribution in [1.82, 2.24) is 0 Å². The maximum atomic E-state index is 13.1. The molecule has 3 fully saturated rings. The van der Waals surface area contributed by atoms with Crippen LogP contribution in [0.15, 0.2) is 35.0 Å². The topological polar surface area (TPSA) is 99.5 Å². The molecule has 2 bridgehead atoms. The van der Waals surface area contributed by atoms with Gasteiger partial charge < -0.3 is 46.3 Å². The molecule has 10 heteroatoms. The number of aliphatic hydroxyl groups excluding tert-OH is 2. The van der Waals surface area contributed by atoms with E-state index >= 15 is 0 Å². The Morgan fingerprint density at radius 1 is 1.19 bits per heavy atom. The van der Waals surface area contributed by atoms with Gasteiger partial charge in [-0.1, -0.05) is 12.1 Å². The number of halogens is 1. The minimum absolute atomic E-state index is 0. The molecule has 7 nitrogen and oxygen atoms in total. The fourth-order valence-electron chi connectivity index (χ4n) is 4.83. The van der Waals surface area contributed by atoms with Crippen LogP contribution >= 0.6 is 22.7 Å². The van der Waals surface area contributed by atoms with Crippen molar-refractivity contribution >= 4 is 28.6 Å². The maximum absolute atomic E-state index is 13.1. The number of hydrogen-bond acceptors (Lipinski definition) is 8. The summed E-state index contributed by atoms with van der Waals surface area (Å²) in [6.07, 6.45) is 1.49. The highest BCUT2D eigenvalue weighted by atomic mass is 79.9. The van der Waals surface area contributed by atoms with Crippen molar-refractivity contribution < 1.29 is 51.1 Å². The number of nitrogens with zero attached hydrogens (tertiary/aromatic N) is 1. The molecular formula is C22H30BrNO6S2. The second kappa shape index (κ2) is 9.79. The minimum Gasteiger partial charge on any atom is -1.00 e. The van der Waals surface area contributed by atoms with Gasteiger partial charge in [0.05, 0.1) is 36.6 Å². The van der Waals surface area contributed by atoms with E-state index in [0.29, 0.717) is 34.0 Å². The first-order valence-corrected chi connectivity index (χ1v) is 12.2. The number of morpholine rings is 1. The van der Waals surface area contributed by atoms with Gasteiger partial charge in [-0.25, -0.2) is 4.79 Å². The molecule has 2 aromatic heterocycles. The van der Waals surface area contributed by atoms with Crippen LogP contribution in [0.1, 0.15) is 29.5 Å². The lowest BCUT2D eigenvalue weighted by molar-refractivity contribution is -0.938. The Hall–Kier alpha value is -0.850. The van der Waals surface area contributed by atoms with E-state index in [9.17, 15) is 9.90 Å². The molecule has 3 aliphatic heterocycles. The third-order valence-electron chi connectivity index (χ3n) is 6.63. The number of ether oxygens (including phenoxy) is 2. The molecule has 2 unspecified atom stereocenters. The van der Waals surface area contributed by atoms with Crippen LogP contribution < -0.4 is 17.0 Å². The number of carbonyl (C=O) groups is 1. The van der Waals surface area contributed by atoms with E-state index in [2.05, 4.69) is 14.1 Å². The molecule has 3 N–H and O–H groups in total. The molecule has 32 heavy (non-hydrogen) atoms. The highest BCUT2D eigenvalue weighted by Crippen LogP contribution is 2.52. The van der Waals surface area contributed by atoms with Gasteiger partial charge >= 0.3 is 5.97 Å². The normalized spacial score (nSPS) is 30.2. The number of quaternary nitrogens is 1. The molecule has 0 aromatic carbocycles. The second-order valence-electron chi connectivity index (χ2n) is 9.02. The maximum Gasteiger partial charge on any atom is 0.349 e. The number of piperidine rings is 1. The van der Waals surface area contributed by atoms with Crippen molar-refractivity contribution in [3.05, 3.63) is 44.8 Å². The fourth-order valence-corrected chi connectivity index (χ4v) is 6.54. The summed E-state index contributed by atoms with van der Waals surface area (Å²) >= 11 is 2.74. The van der Waals surface area contributed by atoms with E-state index in [1.54, 1.807) is 12.1 Å². The molecule has 5 heterocycles. The van der Waals surface area contributed by atoms with Gasteiger partial charge in [0.15, 0.2) is 0 Å². The van der Waals surface area contributed by atoms with Gasteiger partial charge in [-0.15, -0.1) is 22.7 Å². The zero-order chi connectivity index (χ0) is 22.4. The van der Waals surface area contributed by atoms with E-state index in [1.807, 2.05) is 22.9 Å². The summed E-state index contributed by atoms with van der Waals surface area (Å²) in [6.45, 7) is 1.39. The number of fused-ring (bicyclic) bond motifs is 5. The van der Waals surface area contributed by atoms with Crippen molar-refractivity contribution in [2.24, 2.45) is 0 Å². The summed E-state index contributed by atoms with van der Waals surface area (Å²) in [5.41, 5.74) is -1.72. The standard InChI is InChI=1S/C19H22NO4S2.C3H8O2.BrH/c1-20(2)12-9-11(10-13(20)17-16(12)24-17)23-18(21)19(22,14-5-3-7-25-14)15-6-4-8-26-15;1-3(5)2-4;/h3-8,11-13,16-17,22H,9-10H2,1-2H3;3-5H,2H2,1H3;1H/q+1;;/p-1/t11?,12-,13-,16-,17+;;/m0../s1. The first kappa shape index (κ1) is 25.8. The van der Waals surface area contributed by atoms with Gasteiger partial charge in [-0.05, 0) is 29.8 Å². The summed E-state index contributed by atoms with van der Waals surface area (Å²) < 4.78 is 12.6. The number of epoxide rings is 1. The van der Waals surface area contributed by atoms with Crippen LogP contribution in [0.5, 0.6) is 0 Å². The Labute approximate surface area is 206 Å². The largest absolute Gasteiger partial charge is 1.00 e. The third kappa shape index (κ3) is 4.56. The molecule has 2 aromatic rings. The molecule has 178 valence electrons. The molecule has 6 atom stereocenters. The summed E-state index contributed by atoms with van der Waals surface area (Å²) in [7, 11) is 4.49. The van der Waals surface area contributed by atoms with Gasteiger partial charge in [-0.2, -0.15) is 0 Å². The van der Waals surface area contributed by atoms with Gasteiger partial charge in [0.2, 0.25) is 5.60 Å². The van der Waals surface area contributed by atoms with Crippen molar-refractivity contribution in [3.63, 3.8) is 0 Å². The lowest BCUT2D eigenvalue weighted by atomic mass is 9.95. The number of hydrogen-bond donors (Lipinski definition) is 3. The summed E-state index contributed by atoms with van der Waals surface area (Å²) in [6, 6.07) is 8.01. The molecule has 0 amide bonds. The fraction of sp³-hybridized carbons (Fsp3) is 0.591. The SMILES string of the molecule is CC(O)CO.C[N+]1(C)[C@H]2CC(OC(=O)C(O)(c3cccs3)c3cccs3)C[C@H]1[C@H]1O[C@H]12.[Br-]. The highest BCUT2D eigenvalue weighted by molar-refractivity contribution is 7.12. The smallest absolute Gasteiger partial charge is 0.349 e. The van der Waals surface area contributed by atoms with Gasteiger partial charge in [0.1, 0.15) is 30.4 Å². The summed E-state index contributed by atoms with van der Waals surface area (Å²) in [5.74, 6) is -0.561. The summed E-state index contributed by atoms with van der Waals surface area (Å²) in [4.78, 5) is 14.3. The molecular weight excluding hydrogens is 518 g/mol. The molecule has 0 radical (unpaired) electrons. The van der Waals surface area contributed by atoms with E-state index in [-0.39, 0.29) is 29.7 Å². The van der Waals surface area contributed by atoms with Crippen LogP contribution in [-0.4, -0.2) is 83.0 Å². The number of thiophene rings is 2. The van der Waals surface area contributed by atoms with E-state index in [0.717, 1.165) is 17.3 Å². The van der Waals surface area contributed by atoms with Crippen LogP contribution in [0, 0.1) is 0 Å². The number of carbonyl (C=O) groups excluding carboxylic acids is 1. The lowest BCUT2D eigenvalue weighted by Gasteiger charge is -2.45. The van der Waals surface area contributed by atoms with Crippen LogP contribution in [-0.2, 0) is 19.9 Å². The second-order valence-corrected chi connectivity index (χ2v) is 10.9. The van der Waals surface area contributed by atoms with Crippen molar-refractivity contribution in [1.29, 1.82) is 0 Å². The van der Waals surface area contributed by atoms with Crippen molar-refractivity contribution in [2.45, 2.75) is 61.9 Å². The van der Waals surface area contributed by atoms with Crippen LogP contribution in [0.4, 0.5) is 0 Å². The predicted octanol–water partition coefficient (Wildman–Crippen LogP) is -1.29. The van der Waals surface area contributed by atoms with Crippen molar-refractivity contribution in [2.75, 3.05) is 20.7 Å². The molecule has 3 saturated heterocycles. The average molecular weight is 549 g/mol. The first-order chi connectivity index (χ1) is 14.7. The average Bonchev–Trinajstić information content (AvgIpc) is 3.09. The molecule has 3 aliphatic rings. The Morgan fingerprint density at radius 3 is 2.03 bits per heavy atom. The highest BCUT2D eigenvalue weighted by Gasteiger charge is 2.71. The number of aliphatic hydroxyl groups is 3. The lowest BCUT2D eigenvalue weighted by Crippen LogP contribution is -3.00. The Bertz CT molecular complexity index is 834. The Balaban J connectivity index is 0.000000438. The van der Waals surface area contributed by atoms with Gasteiger partial charge in [0.25, 0.3) is 0 Å². The molecule has 0 saturated carbocycles. The van der Waals surface area contributed by atoms with E-state index in [4.69, 9.17) is 19.7 Å². The molecule has 0 aliphatic carbocycles. The zero-order valence-corrected chi connectivity index (χ0v) is 21.5.